The van der Waals surface area contributed by atoms with Crippen molar-refractivity contribution in [1.29, 1.82) is 0 Å². The third-order valence-electron chi connectivity index (χ3n) is 2.64. The average Bonchev–Trinajstić information content (AvgIpc) is 2.25. The molecule has 0 amide bonds. The van der Waals surface area contributed by atoms with Gasteiger partial charge in [0.1, 0.15) is 5.75 Å². The van der Waals surface area contributed by atoms with Crippen LogP contribution >= 0.6 is 0 Å². The second kappa shape index (κ2) is 5.90. The quantitative estimate of drug-likeness (QED) is 0.824. The standard InChI is InChI=1S/C14H23NO/c1-5-8-16-14-7-6-12(11(4)15)9-13(14)10(2)3/h6-7,9-11H,5,8,15H2,1-4H3. The molecule has 0 aliphatic heterocycles. The maximum atomic E-state index is 5.89. The van der Waals surface area contributed by atoms with Crippen molar-refractivity contribution in [3.63, 3.8) is 0 Å². The van der Waals surface area contributed by atoms with Crippen LogP contribution in [0.4, 0.5) is 0 Å². The molecule has 0 bridgehead atoms. The highest BCUT2D eigenvalue weighted by Crippen LogP contribution is 2.29. The van der Waals surface area contributed by atoms with Crippen LogP contribution < -0.4 is 10.5 Å². The minimum absolute atomic E-state index is 0.0812. The van der Waals surface area contributed by atoms with Crippen LogP contribution in [0.1, 0.15) is 57.2 Å². The summed E-state index contributed by atoms with van der Waals surface area (Å²) in [6, 6.07) is 6.35. The summed E-state index contributed by atoms with van der Waals surface area (Å²) in [7, 11) is 0. The van der Waals surface area contributed by atoms with Crippen LogP contribution in [0.25, 0.3) is 0 Å². The van der Waals surface area contributed by atoms with Gasteiger partial charge in [-0.15, -0.1) is 0 Å². The predicted octanol–water partition coefficient (Wildman–Crippen LogP) is 3.62. The highest BCUT2D eigenvalue weighted by atomic mass is 16.5. The van der Waals surface area contributed by atoms with E-state index >= 15 is 0 Å². The molecule has 0 aromatic heterocycles. The van der Waals surface area contributed by atoms with Gasteiger partial charge in [-0.3, -0.25) is 0 Å². The van der Waals surface area contributed by atoms with Crippen molar-refractivity contribution in [3.05, 3.63) is 29.3 Å². The van der Waals surface area contributed by atoms with E-state index in [0.29, 0.717) is 5.92 Å². The van der Waals surface area contributed by atoms with E-state index in [1.165, 1.54) is 11.1 Å². The van der Waals surface area contributed by atoms with Crippen molar-refractivity contribution in [2.24, 2.45) is 5.73 Å². The van der Waals surface area contributed by atoms with Gasteiger partial charge in [-0.1, -0.05) is 32.9 Å². The molecule has 16 heavy (non-hydrogen) atoms. The lowest BCUT2D eigenvalue weighted by Crippen LogP contribution is -2.07. The Morgan fingerprint density at radius 2 is 1.94 bits per heavy atom. The fraction of sp³-hybridized carbons (Fsp3) is 0.571. The molecule has 1 rings (SSSR count). The van der Waals surface area contributed by atoms with Crippen LogP contribution in [-0.2, 0) is 0 Å². The molecular formula is C14H23NO. The van der Waals surface area contributed by atoms with Gasteiger partial charge in [0.05, 0.1) is 6.61 Å². The van der Waals surface area contributed by atoms with Crippen LogP contribution in [0, 0.1) is 0 Å². The first-order chi connectivity index (χ1) is 7.56. The van der Waals surface area contributed by atoms with Crippen LogP contribution in [0.2, 0.25) is 0 Å². The zero-order valence-electron chi connectivity index (χ0n) is 10.8. The highest BCUT2D eigenvalue weighted by Gasteiger charge is 2.10. The molecule has 0 saturated heterocycles. The fourth-order valence-corrected chi connectivity index (χ4v) is 1.64. The van der Waals surface area contributed by atoms with Crippen molar-refractivity contribution in [3.8, 4) is 5.75 Å². The number of hydrogen-bond donors (Lipinski definition) is 1. The van der Waals surface area contributed by atoms with Crippen molar-refractivity contribution >= 4 is 0 Å². The number of rotatable bonds is 5. The van der Waals surface area contributed by atoms with E-state index in [4.69, 9.17) is 10.5 Å². The summed E-state index contributed by atoms with van der Waals surface area (Å²) >= 11 is 0. The van der Waals surface area contributed by atoms with E-state index in [9.17, 15) is 0 Å². The molecule has 0 aliphatic rings. The molecular weight excluding hydrogens is 198 g/mol. The Bertz CT molecular complexity index is 332. The molecule has 1 unspecified atom stereocenters. The second-order valence-corrected chi connectivity index (χ2v) is 4.59. The summed E-state index contributed by atoms with van der Waals surface area (Å²) in [5, 5.41) is 0. The molecule has 0 aliphatic carbocycles. The van der Waals surface area contributed by atoms with Gasteiger partial charge in [0, 0.05) is 6.04 Å². The Morgan fingerprint density at radius 1 is 1.25 bits per heavy atom. The normalized spacial score (nSPS) is 12.9. The molecule has 1 atom stereocenters. The number of ether oxygens (including phenoxy) is 1. The second-order valence-electron chi connectivity index (χ2n) is 4.59. The molecule has 1 aromatic carbocycles. The van der Waals surface area contributed by atoms with E-state index < -0.39 is 0 Å². The van der Waals surface area contributed by atoms with E-state index in [1.54, 1.807) is 0 Å². The van der Waals surface area contributed by atoms with Crippen LogP contribution in [0.3, 0.4) is 0 Å². The molecule has 2 nitrogen and oxygen atoms in total. The SMILES string of the molecule is CCCOc1ccc(C(C)N)cc1C(C)C. The predicted molar refractivity (Wildman–Crippen MR) is 68.9 cm³/mol. The Labute approximate surface area is 98.8 Å². The van der Waals surface area contributed by atoms with Gasteiger partial charge < -0.3 is 10.5 Å². The Kier molecular flexibility index (Phi) is 4.81. The average molecular weight is 221 g/mol. The summed E-state index contributed by atoms with van der Waals surface area (Å²) in [6.07, 6.45) is 1.03. The van der Waals surface area contributed by atoms with Gasteiger partial charge in [-0.25, -0.2) is 0 Å². The lowest BCUT2D eigenvalue weighted by atomic mass is 9.97. The van der Waals surface area contributed by atoms with Crippen LogP contribution in [0.15, 0.2) is 18.2 Å². The molecule has 2 heteroatoms. The van der Waals surface area contributed by atoms with E-state index in [-0.39, 0.29) is 6.04 Å². The van der Waals surface area contributed by atoms with Gasteiger partial charge >= 0.3 is 0 Å². The van der Waals surface area contributed by atoms with Gasteiger partial charge in [0.2, 0.25) is 0 Å². The smallest absolute Gasteiger partial charge is 0.122 e. The minimum atomic E-state index is 0.0812. The Hall–Kier alpha value is -1.02. The summed E-state index contributed by atoms with van der Waals surface area (Å²) in [6.45, 7) is 9.26. The molecule has 90 valence electrons. The van der Waals surface area contributed by atoms with Crippen LogP contribution in [-0.4, -0.2) is 6.61 Å². The van der Waals surface area contributed by atoms with Crippen molar-refractivity contribution in [1.82, 2.24) is 0 Å². The molecule has 0 fully saturated rings. The fourth-order valence-electron chi connectivity index (χ4n) is 1.64. The third-order valence-corrected chi connectivity index (χ3v) is 2.64. The first-order valence-electron chi connectivity index (χ1n) is 6.08. The first kappa shape index (κ1) is 13.0. The zero-order valence-corrected chi connectivity index (χ0v) is 10.8. The summed E-state index contributed by atoms with van der Waals surface area (Å²) < 4.78 is 5.74. The molecule has 0 radical (unpaired) electrons. The van der Waals surface area contributed by atoms with Gasteiger partial charge in [-0.2, -0.15) is 0 Å². The molecule has 0 spiro atoms. The molecule has 2 N–H and O–H groups in total. The molecule has 0 saturated carbocycles. The lowest BCUT2D eigenvalue weighted by molar-refractivity contribution is 0.313. The zero-order chi connectivity index (χ0) is 12.1. The van der Waals surface area contributed by atoms with Gasteiger partial charge in [0.15, 0.2) is 0 Å². The molecule has 1 aromatic rings. The lowest BCUT2D eigenvalue weighted by Gasteiger charge is -2.16. The maximum Gasteiger partial charge on any atom is 0.122 e. The maximum absolute atomic E-state index is 5.89. The largest absolute Gasteiger partial charge is 0.493 e. The van der Waals surface area contributed by atoms with Crippen molar-refractivity contribution in [2.75, 3.05) is 6.61 Å². The van der Waals surface area contributed by atoms with Crippen molar-refractivity contribution < 1.29 is 4.74 Å². The monoisotopic (exact) mass is 221 g/mol. The first-order valence-corrected chi connectivity index (χ1v) is 6.08. The number of nitrogens with two attached hydrogens (primary N) is 1. The van der Waals surface area contributed by atoms with Gasteiger partial charge in [-0.05, 0) is 36.5 Å². The Morgan fingerprint density at radius 3 is 2.44 bits per heavy atom. The van der Waals surface area contributed by atoms with Crippen molar-refractivity contribution in [2.45, 2.75) is 46.1 Å². The van der Waals surface area contributed by atoms with E-state index in [1.807, 2.05) is 13.0 Å². The number of hydrogen-bond acceptors (Lipinski definition) is 2. The highest BCUT2D eigenvalue weighted by molar-refractivity contribution is 5.40. The topological polar surface area (TPSA) is 35.2 Å². The van der Waals surface area contributed by atoms with Crippen LogP contribution in [0.5, 0.6) is 5.75 Å². The molecule has 0 heterocycles. The third kappa shape index (κ3) is 3.24. The summed E-state index contributed by atoms with van der Waals surface area (Å²) in [5.74, 6) is 1.46. The Balaban J connectivity index is 2.99. The van der Waals surface area contributed by atoms with E-state index in [2.05, 4.69) is 32.9 Å². The summed E-state index contributed by atoms with van der Waals surface area (Å²) in [5.41, 5.74) is 8.32. The minimum Gasteiger partial charge on any atom is -0.493 e. The van der Waals surface area contributed by atoms with Gasteiger partial charge in [0.25, 0.3) is 0 Å². The summed E-state index contributed by atoms with van der Waals surface area (Å²) in [4.78, 5) is 0. The van der Waals surface area contributed by atoms with E-state index in [0.717, 1.165) is 18.8 Å². The number of benzene rings is 1.